The van der Waals surface area contributed by atoms with Crippen LogP contribution < -0.4 is 0 Å². The van der Waals surface area contributed by atoms with E-state index < -0.39 is 0 Å². The van der Waals surface area contributed by atoms with Gasteiger partial charge in [-0.2, -0.15) is 0 Å². The normalized spacial score (nSPS) is 12.7. The van der Waals surface area contributed by atoms with Crippen molar-refractivity contribution in [3.8, 4) is 55.9 Å². The SMILES string of the molecule is Cc1ccc2c(c1)c1cc(C)ccc1n2-c1ccc(-c2cc(-c3cc(C(C)(C)C)cc(C(C)(C)C)c3)c(-c3ccc(-n4c5ccc(C)cc5c5cc(C)ccc54)cc3)cc2-c2cc(C(C)(C)C)cc(C(C)(C)C)c2)cc1. The fourth-order valence-corrected chi connectivity index (χ4v) is 11.5. The van der Waals surface area contributed by atoms with Crippen LogP contribution in [0.2, 0.25) is 0 Å². The molecular weight excluding hydrogens is 917 g/mol. The Bertz CT molecular complexity index is 3630. The predicted octanol–water partition coefficient (Wildman–Crippen LogP) is 21.0. The maximum absolute atomic E-state index is 2.53. The predicted molar refractivity (Wildman–Crippen MR) is 331 cm³/mol. The van der Waals surface area contributed by atoms with E-state index >= 15 is 0 Å². The van der Waals surface area contributed by atoms with Gasteiger partial charge >= 0.3 is 0 Å². The highest BCUT2D eigenvalue weighted by Gasteiger charge is 2.27. The lowest BCUT2D eigenvalue weighted by molar-refractivity contribution is 0.568. The van der Waals surface area contributed by atoms with Crippen LogP contribution in [0, 0.1) is 27.7 Å². The van der Waals surface area contributed by atoms with Gasteiger partial charge in [-0.25, -0.2) is 0 Å². The second-order valence-electron chi connectivity index (χ2n) is 26.4. The molecule has 382 valence electrons. The molecule has 0 bridgehead atoms. The molecule has 0 aliphatic heterocycles. The van der Waals surface area contributed by atoms with Crippen molar-refractivity contribution in [3.63, 3.8) is 0 Å². The second kappa shape index (κ2) is 18.1. The molecule has 0 unspecified atom stereocenters. The Hall–Kier alpha value is -7.42. The van der Waals surface area contributed by atoms with Gasteiger partial charge in [0.25, 0.3) is 0 Å². The Balaban J connectivity index is 1.19. The van der Waals surface area contributed by atoms with E-state index in [-0.39, 0.29) is 21.7 Å². The summed E-state index contributed by atoms with van der Waals surface area (Å²) >= 11 is 0. The highest BCUT2D eigenvalue weighted by atomic mass is 15.0. The first-order chi connectivity index (χ1) is 35.8. The van der Waals surface area contributed by atoms with Crippen molar-refractivity contribution in [2.75, 3.05) is 0 Å². The second-order valence-corrected chi connectivity index (χ2v) is 26.4. The van der Waals surface area contributed by atoms with Crippen LogP contribution >= 0.6 is 0 Å². The molecule has 0 radical (unpaired) electrons. The average molecular weight is 993 g/mol. The molecule has 2 aromatic heterocycles. The molecule has 2 nitrogen and oxygen atoms in total. The van der Waals surface area contributed by atoms with Crippen molar-refractivity contribution >= 4 is 43.6 Å². The van der Waals surface area contributed by atoms with Gasteiger partial charge in [0.15, 0.2) is 0 Å². The summed E-state index contributed by atoms with van der Waals surface area (Å²) in [7, 11) is 0. The third kappa shape index (κ3) is 9.18. The summed E-state index contributed by atoms with van der Waals surface area (Å²) in [6.07, 6.45) is 0. The first kappa shape index (κ1) is 50.7. The van der Waals surface area contributed by atoms with Gasteiger partial charge in [-0.3, -0.25) is 0 Å². The number of fused-ring (bicyclic) bond motifs is 6. The molecule has 11 rings (SSSR count). The summed E-state index contributed by atoms with van der Waals surface area (Å²) in [5.74, 6) is 0. The first-order valence-electron chi connectivity index (χ1n) is 27.6. The van der Waals surface area contributed by atoms with Crippen molar-refractivity contribution in [1.82, 2.24) is 9.13 Å². The molecule has 0 spiro atoms. The minimum Gasteiger partial charge on any atom is -0.309 e. The van der Waals surface area contributed by atoms with Crippen LogP contribution in [-0.2, 0) is 21.7 Å². The number of aromatic nitrogens is 2. The van der Waals surface area contributed by atoms with E-state index in [1.54, 1.807) is 0 Å². The standard InChI is InChI=1S/C74H76N2/c1-45-17-29-67-63(33-45)64-34-46(2)18-30-68(64)75(67)57-25-21-49(22-26-57)59-43-62(52-39-55(73(11,12)13)42-56(40-52)74(14,15)16)60(44-61(59)51-37-53(71(5,6)7)41-54(38-51)72(8,9)10)50-23-27-58(28-24-50)76-69-31-19-47(3)35-65(69)66-36-48(4)20-32-70(66)76/h17-44H,1-16H3. The lowest BCUT2D eigenvalue weighted by atomic mass is 9.76. The Labute approximate surface area is 453 Å². The topological polar surface area (TPSA) is 9.86 Å². The van der Waals surface area contributed by atoms with Gasteiger partial charge in [-0.1, -0.05) is 190 Å². The third-order valence-electron chi connectivity index (χ3n) is 16.1. The zero-order valence-corrected chi connectivity index (χ0v) is 48.1. The number of hydrogen-bond acceptors (Lipinski definition) is 0. The molecule has 2 heterocycles. The molecule has 0 fully saturated rings. The van der Waals surface area contributed by atoms with E-state index in [2.05, 4.69) is 290 Å². The van der Waals surface area contributed by atoms with Crippen LogP contribution in [0.3, 0.4) is 0 Å². The smallest absolute Gasteiger partial charge is 0.0541 e. The number of aryl methyl sites for hydroxylation is 4. The van der Waals surface area contributed by atoms with E-state index in [1.807, 2.05) is 0 Å². The van der Waals surface area contributed by atoms with E-state index in [9.17, 15) is 0 Å². The quantitative estimate of drug-likeness (QED) is 0.157. The van der Waals surface area contributed by atoms with Crippen molar-refractivity contribution in [1.29, 1.82) is 0 Å². The van der Waals surface area contributed by atoms with Gasteiger partial charge in [-0.15, -0.1) is 0 Å². The average Bonchev–Trinajstić information content (AvgIpc) is 3.86. The summed E-state index contributed by atoms with van der Waals surface area (Å²) in [6, 6.07) is 66.2. The molecular formula is C74H76N2. The zero-order valence-electron chi connectivity index (χ0n) is 48.1. The molecule has 0 saturated carbocycles. The Kier molecular flexibility index (Phi) is 12.1. The van der Waals surface area contributed by atoms with Crippen molar-refractivity contribution in [3.05, 3.63) is 214 Å². The van der Waals surface area contributed by atoms with Crippen LogP contribution in [0.5, 0.6) is 0 Å². The fourth-order valence-electron chi connectivity index (χ4n) is 11.5. The molecule has 11 aromatic rings. The molecule has 0 saturated heterocycles. The minimum absolute atomic E-state index is 0.0588. The molecule has 0 atom stereocenters. The summed E-state index contributed by atoms with van der Waals surface area (Å²) < 4.78 is 4.89. The largest absolute Gasteiger partial charge is 0.309 e. The lowest BCUT2D eigenvalue weighted by Gasteiger charge is -2.28. The molecule has 0 amide bonds. The first-order valence-corrected chi connectivity index (χ1v) is 27.6. The maximum Gasteiger partial charge on any atom is 0.0541 e. The van der Waals surface area contributed by atoms with Crippen molar-refractivity contribution in [2.45, 2.75) is 132 Å². The van der Waals surface area contributed by atoms with Crippen LogP contribution in [0.1, 0.15) is 128 Å². The lowest BCUT2D eigenvalue weighted by Crippen LogP contribution is -2.16. The monoisotopic (exact) mass is 993 g/mol. The molecule has 2 heteroatoms. The highest BCUT2D eigenvalue weighted by Crippen LogP contribution is 2.47. The van der Waals surface area contributed by atoms with Crippen LogP contribution in [-0.4, -0.2) is 9.13 Å². The molecule has 9 aromatic carbocycles. The van der Waals surface area contributed by atoms with Gasteiger partial charge in [0.1, 0.15) is 0 Å². The minimum atomic E-state index is -0.0588. The van der Waals surface area contributed by atoms with Gasteiger partial charge in [0, 0.05) is 32.9 Å². The van der Waals surface area contributed by atoms with Gasteiger partial charge in [0.05, 0.1) is 22.1 Å². The molecule has 0 aliphatic rings. The van der Waals surface area contributed by atoms with E-state index in [4.69, 9.17) is 0 Å². The fraction of sp³-hybridized carbons (Fsp3) is 0.270. The number of hydrogen-bond donors (Lipinski definition) is 0. The molecule has 76 heavy (non-hydrogen) atoms. The van der Waals surface area contributed by atoms with Crippen molar-refractivity contribution in [2.24, 2.45) is 0 Å². The van der Waals surface area contributed by atoms with Gasteiger partial charge in [0.2, 0.25) is 0 Å². The number of nitrogens with zero attached hydrogens (tertiary/aromatic N) is 2. The summed E-state index contributed by atoms with van der Waals surface area (Å²) in [5.41, 5.74) is 27.2. The Morgan fingerprint density at radius 2 is 0.474 bits per heavy atom. The summed E-state index contributed by atoms with van der Waals surface area (Å²) in [5, 5.41) is 5.16. The highest BCUT2D eigenvalue weighted by molar-refractivity contribution is 6.11. The van der Waals surface area contributed by atoms with E-state index in [1.165, 1.54) is 133 Å². The number of benzene rings is 9. The summed E-state index contributed by atoms with van der Waals surface area (Å²) in [4.78, 5) is 0. The molecule has 0 N–H and O–H groups in total. The van der Waals surface area contributed by atoms with E-state index in [0.717, 1.165) is 11.4 Å². The number of rotatable bonds is 6. The van der Waals surface area contributed by atoms with Crippen LogP contribution in [0.4, 0.5) is 0 Å². The van der Waals surface area contributed by atoms with Gasteiger partial charge in [-0.05, 0) is 201 Å². The van der Waals surface area contributed by atoms with Gasteiger partial charge < -0.3 is 9.13 Å². The van der Waals surface area contributed by atoms with Crippen molar-refractivity contribution < 1.29 is 0 Å². The Morgan fingerprint density at radius 1 is 0.237 bits per heavy atom. The third-order valence-corrected chi connectivity index (χ3v) is 16.1. The maximum atomic E-state index is 2.53. The van der Waals surface area contributed by atoms with Crippen LogP contribution in [0.15, 0.2) is 170 Å². The van der Waals surface area contributed by atoms with Crippen LogP contribution in [0.25, 0.3) is 99.5 Å². The van der Waals surface area contributed by atoms with E-state index in [0.29, 0.717) is 0 Å². The summed E-state index contributed by atoms with van der Waals surface area (Å²) in [6.45, 7) is 36.9. The Morgan fingerprint density at radius 3 is 0.711 bits per heavy atom. The zero-order chi connectivity index (χ0) is 54.0. The molecule has 0 aliphatic carbocycles.